The molecule has 10 heteroatoms. The first-order chi connectivity index (χ1) is 27.8. The first kappa shape index (κ1) is 51.6. The highest BCUT2D eigenvalue weighted by atomic mass is 16.7. The third-order valence-corrected chi connectivity index (χ3v) is 8.96. The van der Waals surface area contributed by atoms with E-state index in [4.69, 9.17) is 18.9 Å². The number of carbonyl (C=O) groups excluding carboxylic acids is 2. The highest BCUT2D eigenvalue weighted by molar-refractivity contribution is 5.70. The summed E-state index contributed by atoms with van der Waals surface area (Å²) in [4.78, 5) is 25.3. The van der Waals surface area contributed by atoms with Crippen molar-refractivity contribution in [3.8, 4) is 0 Å². The molecule has 0 aliphatic carbocycles. The predicted octanol–water partition coefficient (Wildman–Crippen LogP) is 8.77. The fourth-order valence-electron chi connectivity index (χ4n) is 5.64. The zero-order valence-corrected chi connectivity index (χ0v) is 34.8. The van der Waals surface area contributed by atoms with Crippen LogP contribution >= 0.6 is 0 Å². The normalized spacial score (nSPS) is 21.3. The van der Waals surface area contributed by atoms with E-state index < -0.39 is 55.4 Å². The van der Waals surface area contributed by atoms with Crippen LogP contribution in [-0.2, 0) is 28.5 Å². The Kier molecular flexibility index (Phi) is 33.5. The molecule has 10 nitrogen and oxygen atoms in total. The molecule has 1 saturated heterocycles. The van der Waals surface area contributed by atoms with Crippen molar-refractivity contribution in [2.45, 2.75) is 166 Å². The van der Waals surface area contributed by atoms with E-state index >= 15 is 0 Å². The summed E-state index contributed by atoms with van der Waals surface area (Å²) in [5.74, 6) is -0.896. The van der Waals surface area contributed by atoms with Gasteiger partial charge in [-0.2, -0.15) is 0 Å². The molecule has 1 aliphatic heterocycles. The molecule has 0 spiro atoms. The van der Waals surface area contributed by atoms with Gasteiger partial charge in [0, 0.05) is 12.8 Å². The van der Waals surface area contributed by atoms with Gasteiger partial charge in [-0.05, 0) is 89.9 Å². The molecule has 1 aliphatic rings. The molecule has 4 N–H and O–H groups in total. The fraction of sp³-hybridized carbons (Fsp3) is 0.617. The summed E-state index contributed by atoms with van der Waals surface area (Å²) in [6.45, 7) is 3.09. The minimum atomic E-state index is -1.61. The standard InChI is InChI=1S/C47H74O10/c1-3-5-7-9-11-13-15-17-19-20-22-23-25-27-29-31-33-35-42(49)54-38-40(39-55-47-46(53)45(52)44(51)41(37-48)57-47)56-43(50)36-34-32-30-28-26-24-21-18-16-14-12-10-8-6-4-2/h5-8,11-14,17-19,21-23,26,28,40-41,44-48,51-53H,3-4,9-10,15-16,20,24-25,27,29-39H2,1-2H3/b7-5-,8-6-,13-11-,14-12-,19-17-,21-18-,23-22-,28-26-/t40-,41-,44+,45+,46-,47-/m1/s1. The van der Waals surface area contributed by atoms with Crippen molar-refractivity contribution in [3.05, 3.63) is 97.2 Å². The van der Waals surface area contributed by atoms with Gasteiger partial charge in [-0.3, -0.25) is 9.59 Å². The Labute approximate surface area is 343 Å². The third kappa shape index (κ3) is 28.6. The first-order valence-corrected chi connectivity index (χ1v) is 21.3. The van der Waals surface area contributed by atoms with Gasteiger partial charge >= 0.3 is 11.9 Å². The van der Waals surface area contributed by atoms with Crippen molar-refractivity contribution >= 4 is 11.9 Å². The number of aliphatic hydroxyl groups is 4. The van der Waals surface area contributed by atoms with Gasteiger partial charge in [0.2, 0.25) is 0 Å². The summed E-state index contributed by atoms with van der Waals surface area (Å²) < 4.78 is 22.1. The SMILES string of the molecule is CC/C=C\C/C=C\C/C=C\C/C=C\CCCCCCC(=O)OC[C@H](CO[C@@H]1O[C@H](CO)[C@H](O)[C@H](O)[C@H]1O)OC(=O)CCCC/C=C\C/C=C\C/C=C\C/C=C\CC. The molecule has 0 bridgehead atoms. The average molecular weight is 799 g/mol. The van der Waals surface area contributed by atoms with Crippen LogP contribution in [-0.4, -0.2) is 89.0 Å². The molecule has 0 amide bonds. The number of rotatable bonds is 33. The summed E-state index contributed by atoms with van der Waals surface area (Å²) in [6.07, 6.45) is 41.3. The number of ether oxygens (including phenoxy) is 4. The van der Waals surface area contributed by atoms with Gasteiger partial charge in [-0.25, -0.2) is 0 Å². The van der Waals surface area contributed by atoms with Crippen molar-refractivity contribution in [1.82, 2.24) is 0 Å². The Morgan fingerprint density at radius 1 is 0.544 bits per heavy atom. The number of hydrogen-bond acceptors (Lipinski definition) is 10. The van der Waals surface area contributed by atoms with E-state index in [0.29, 0.717) is 12.8 Å². The molecule has 0 unspecified atom stereocenters. The minimum Gasteiger partial charge on any atom is -0.462 e. The van der Waals surface area contributed by atoms with Crippen molar-refractivity contribution in [2.24, 2.45) is 0 Å². The lowest BCUT2D eigenvalue weighted by Crippen LogP contribution is -2.59. The van der Waals surface area contributed by atoms with E-state index in [1.807, 2.05) is 0 Å². The Morgan fingerprint density at radius 2 is 0.982 bits per heavy atom. The van der Waals surface area contributed by atoms with Gasteiger partial charge in [0.05, 0.1) is 13.2 Å². The molecule has 1 heterocycles. The predicted molar refractivity (Wildman–Crippen MR) is 228 cm³/mol. The van der Waals surface area contributed by atoms with Crippen molar-refractivity contribution in [2.75, 3.05) is 19.8 Å². The van der Waals surface area contributed by atoms with E-state index in [9.17, 15) is 30.0 Å². The van der Waals surface area contributed by atoms with Gasteiger partial charge in [0.25, 0.3) is 0 Å². The highest BCUT2D eigenvalue weighted by Crippen LogP contribution is 2.22. The smallest absolute Gasteiger partial charge is 0.306 e. The molecular formula is C47H74O10. The molecule has 6 atom stereocenters. The maximum Gasteiger partial charge on any atom is 0.306 e. The number of unbranched alkanes of at least 4 members (excludes halogenated alkanes) is 6. The molecule has 0 aromatic rings. The number of esters is 2. The number of allylic oxidation sites excluding steroid dienone is 16. The lowest BCUT2D eigenvalue weighted by atomic mass is 9.99. The molecule has 0 aromatic carbocycles. The second-order valence-corrected chi connectivity index (χ2v) is 14.0. The van der Waals surface area contributed by atoms with Crippen LogP contribution < -0.4 is 0 Å². The van der Waals surface area contributed by atoms with Crippen molar-refractivity contribution in [3.63, 3.8) is 0 Å². The maximum atomic E-state index is 12.7. The van der Waals surface area contributed by atoms with Crippen LogP contribution in [0.25, 0.3) is 0 Å². The van der Waals surface area contributed by atoms with Gasteiger partial charge in [-0.1, -0.05) is 124 Å². The number of carbonyl (C=O) groups is 2. The molecule has 1 rings (SSSR count). The molecule has 322 valence electrons. The Hall–Kier alpha value is -3.38. The van der Waals surface area contributed by atoms with E-state index in [1.54, 1.807) is 0 Å². The monoisotopic (exact) mass is 799 g/mol. The summed E-state index contributed by atoms with van der Waals surface area (Å²) in [5, 5.41) is 40.0. The average Bonchev–Trinajstić information content (AvgIpc) is 3.21. The van der Waals surface area contributed by atoms with Gasteiger partial charge in [0.1, 0.15) is 31.0 Å². The second-order valence-electron chi connectivity index (χ2n) is 14.0. The molecule has 0 saturated carbocycles. The summed E-state index contributed by atoms with van der Waals surface area (Å²) in [6, 6.07) is 0. The van der Waals surface area contributed by atoms with Crippen LogP contribution in [0.15, 0.2) is 97.2 Å². The maximum absolute atomic E-state index is 12.7. The Morgan fingerprint density at radius 3 is 1.49 bits per heavy atom. The lowest BCUT2D eigenvalue weighted by molar-refractivity contribution is -0.305. The van der Waals surface area contributed by atoms with Crippen LogP contribution in [0.3, 0.4) is 0 Å². The van der Waals surface area contributed by atoms with Crippen LogP contribution in [0.5, 0.6) is 0 Å². The van der Waals surface area contributed by atoms with Crippen molar-refractivity contribution < 1.29 is 49.0 Å². The zero-order chi connectivity index (χ0) is 41.6. The topological polar surface area (TPSA) is 152 Å². The Bertz CT molecular complexity index is 1240. The Balaban J connectivity index is 2.41. The molecular weight excluding hydrogens is 725 g/mol. The van der Waals surface area contributed by atoms with Crippen LogP contribution in [0.4, 0.5) is 0 Å². The van der Waals surface area contributed by atoms with Crippen LogP contribution in [0, 0.1) is 0 Å². The highest BCUT2D eigenvalue weighted by Gasteiger charge is 2.44. The zero-order valence-electron chi connectivity index (χ0n) is 34.8. The largest absolute Gasteiger partial charge is 0.462 e. The summed E-state index contributed by atoms with van der Waals surface area (Å²) in [7, 11) is 0. The van der Waals surface area contributed by atoms with Gasteiger partial charge < -0.3 is 39.4 Å². The molecule has 0 radical (unpaired) electrons. The molecule has 57 heavy (non-hydrogen) atoms. The number of aliphatic hydroxyl groups excluding tert-OH is 4. The second kappa shape index (κ2) is 36.9. The fourth-order valence-corrected chi connectivity index (χ4v) is 5.64. The third-order valence-electron chi connectivity index (χ3n) is 8.96. The van der Waals surface area contributed by atoms with Crippen LogP contribution in [0.1, 0.15) is 129 Å². The molecule has 1 fully saturated rings. The molecule has 0 aromatic heterocycles. The quantitative estimate of drug-likeness (QED) is 0.0288. The van der Waals surface area contributed by atoms with Gasteiger partial charge in [-0.15, -0.1) is 0 Å². The van der Waals surface area contributed by atoms with E-state index in [2.05, 4.69) is 111 Å². The van der Waals surface area contributed by atoms with E-state index in [1.165, 1.54) is 0 Å². The van der Waals surface area contributed by atoms with Gasteiger partial charge in [0.15, 0.2) is 12.4 Å². The van der Waals surface area contributed by atoms with Crippen molar-refractivity contribution in [1.29, 1.82) is 0 Å². The van der Waals surface area contributed by atoms with Crippen LogP contribution in [0.2, 0.25) is 0 Å². The van der Waals surface area contributed by atoms with E-state index in [-0.39, 0.29) is 26.1 Å². The minimum absolute atomic E-state index is 0.166. The summed E-state index contributed by atoms with van der Waals surface area (Å²) in [5.41, 5.74) is 0. The van der Waals surface area contributed by atoms with E-state index in [0.717, 1.165) is 89.9 Å². The number of hydrogen-bond donors (Lipinski definition) is 4. The summed E-state index contributed by atoms with van der Waals surface area (Å²) >= 11 is 0. The first-order valence-electron chi connectivity index (χ1n) is 21.3. The lowest BCUT2D eigenvalue weighted by Gasteiger charge is -2.39.